The van der Waals surface area contributed by atoms with Gasteiger partial charge in [-0.25, -0.2) is 9.18 Å². The number of rotatable bonds is 4. The number of aromatic hydroxyl groups is 1. The first-order chi connectivity index (χ1) is 15.0. The van der Waals surface area contributed by atoms with Crippen LogP contribution in [0, 0.1) is 5.82 Å². The average molecular weight is 419 g/mol. The quantitative estimate of drug-likeness (QED) is 0.465. The summed E-state index contributed by atoms with van der Waals surface area (Å²) in [5, 5.41) is 11.7. The number of aromatic amines is 1. The molecule has 0 aliphatic heterocycles. The molecular formula is C25H22FNO4. The van der Waals surface area contributed by atoms with Crippen LogP contribution in [0.5, 0.6) is 5.75 Å². The fourth-order valence-corrected chi connectivity index (χ4v) is 3.11. The zero-order chi connectivity index (χ0) is 22.2. The summed E-state index contributed by atoms with van der Waals surface area (Å²) >= 11 is 0. The number of ether oxygens (including phenoxy) is 1. The van der Waals surface area contributed by atoms with Gasteiger partial charge in [0.25, 0.3) is 5.56 Å². The molecule has 0 aliphatic rings. The van der Waals surface area contributed by atoms with Crippen molar-refractivity contribution in [3.63, 3.8) is 0 Å². The van der Waals surface area contributed by atoms with E-state index >= 15 is 0 Å². The summed E-state index contributed by atoms with van der Waals surface area (Å²) < 4.78 is 17.5. The number of hydrogen-bond donors (Lipinski definition) is 2. The van der Waals surface area contributed by atoms with Crippen molar-refractivity contribution in [2.75, 3.05) is 6.61 Å². The normalized spacial score (nSPS) is 10.3. The lowest BCUT2D eigenvalue weighted by atomic mass is 9.98. The highest BCUT2D eigenvalue weighted by atomic mass is 19.1. The summed E-state index contributed by atoms with van der Waals surface area (Å²) in [6.07, 6.45) is 2.19. The Balaban J connectivity index is 0.000000196. The second-order valence-electron chi connectivity index (χ2n) is 6.73. The standard InChI is InChI=1S/C17H13FO.C8H9NO3/c18-14-8-5-12(6-9-14)11-13-7-10-17(19)16-4-2-1-3-15(13)16;1-2-12-8(11)6-4-3-5-9-7(6)10/h1-10,19H,11H2;3-5H,2H2,1H3,(H,9,10). The number of halogens is 1. The summed E-state index contributed by atoms with van der Waals surface area (Å²) in [6.45, 7) is 1.96. The maximum atomic E-state index is 12.9. The molecule has 0 unspecified atom stereocenters. The van der Waals surface area contributed by atoms with Crippen LogP contribution < -0.4 is 5.56 Å². The second kappa shape index (κ2) is 10.2. The van der Waals surface area contributed by atoms with Gasteiger partial charge in [0, 0.05) is 11.6 Å². The first kappa shape index (κ1) is 21.8. The van der Waals surface area contributed by atoms with Crippen molar-refractivity contribution < 1.29 is 19.0 Å². The summed E-state index contributed by atoms with van der Waals surface area (Å²) in [4.78, 5) is 24.4. The van der Waals surface area contributed by atoms with Crippen molar-refractivity contribution in [3.8, 4) is 5.75 Å². The van der Waals surface area contributed by atoms with Crippen LogP contribution in [0.25, 0.3) is 10.8 Å². The lowest BCUT2D eigenvalue weighted by Crippen LogP contribution is -2.18. The van der Waals surface area contributed by atoms with E-state index in [0.717, 1.165) is 28.3 Å². The highest BCUT2D eigenvalue weighted by Gasteiger charge is 2.09. The summed E-state index contributed by atoms with van der Waals surface area (Å²) in [5.41, 5.74) is 1.80. The number of phenols is 1. The van der Waals surface area contributed by atoms with Gasteiger partial charge in [-0.1, -0.05) is 42.5 Å². The molecule has 0 saturated carbocycles. The second-order valence-corrected chi connectivity index (χ2v) is 6.73. The minimum atomic E-state index is -0.584. The number of pyridine rings is 1. The zero-order valence-electron chi connectivity index (χ0n) is 17.0. The Labute approximate surface area is 178 Å². The SMILES string of the molecule is CCOC(=O)c1ccc[nH]c1=O.Oc1ccc(Cc2ccc(F)cc2)c2ccccc12. The Hall–Kier alpha value is -3.93. The Kier molecular flexibility index (Phi) is 7.17. The van der Waals surface area contributed by atoms with Crippen LogP contribution in [0.1, 0.15) is 28.4 Å². The summed E-state index contributed by atoms with van der Waals surface area (Å²) in [7, 11) is 0. The molecule has 0 saturated heterocycles. The third kappa shape index (κ3) is 5.57. The van der Waals surface area contributed by atoms with Crippen molar-refractivity contribution in [1.82, 2.24) is 4.98 Å². The lowest BCUT2D eigenvalue weighted by Gasteiger charge is -2.08. The van der Waals surface area contributed by atoms with Crippen LogP contribution in [0.2, 0.25) is 0 Å². The van der Waals surface area contributed by atoms with E-state index in [1.807, 2.05) is 30.3 Å². The van der Waals surface area contributed by atoms with Crippen LogP contribution in [0.15, 0.2) is 83.8 Å². The number of phenolic OH excluding ortho intramolecular Hbond substituents is 1. The molecule has 0 atom stereocenters. The summed E-state index contributed by atoms with van der Waals surface area (Å²) in [6, 6.07) is 20.9. The number of benzene rings is 3. The van der Waals surface area contributed by atoms with Gasteiger partial charge in [-0.3, -0.25) is 4.79 Å². The molecule has 0 amide bonds. The molecule has 0 radical (unpaired) electrons. The minimum Gasteiger partial charge on any atom is -0.507 e. The van der Waals surface area contributed by atoms with Crippen molar-refractivity contribution in [2.24, 2.45) is 0 Å². The molecule has 0 bridgehead atoms. The molecule has 1 heterocycles. The van der Waals surface area contributed by atoms with Gasteiger partial charge in [0.2, 0.25) is 0 Å². The van der Waals surface area contributed by atoms with Crippen LogP contribution in [0.3, 0.4) is 0 Å². The monoisotopic (exact) mass is 419 g/mol. The van der Waals surface area contributed by atoms with Gasteiger partial charge in [-0.2, -0.15) is 0 Å². The lowest BCUT2D eigenvalue weighted by molar-refractivity contribution is 0.0524. The number of hydrogen-bond acceptors (Lipinski definition) is 4. The Morgan fingerprint density at radius 3 is 2.35 bits per heavy atom. The molecule has 0 spiro atoms. The Bertz CT molecular complexity index is 1230. The van der Waals surface area contributed by atoms with E-state index in [2.05, 4.69) is 9.72 Å². The van der Waals surface area contributed by atoms with Gasteiger partial charge in [0.15, 0.2) is 0 Å². The van der Waals surface area contributed by atoms with E-state index in [9.17, 15) is 19.1 Å². The number of fused-ring (bicyclic) bond motifs is 1. The number of H-pyrrole nitrogens is 1. The molecule has 1 aromatic heterocycles. The van der Waals surface area contributed by atoms with Gasteiger partial charge in [0.1, 0.15) is 17.1 Å². The molecule has 0 aliphatic carbocycles. The van der Waals surface area contributed by atoms with E-state index in [-0.39, 0.29) is 18.0 Å². The molecule has 3 aromatic carbocycles. The molecule has 6 heteroatoms. The predicted octanol–water partition coefficient (Wildman–Crippen LogP) is 4.83. The van der Waals surface area contributed by atoms with Crippen LogP contribution >= 0.6 is 0 Å². The first-order valence-corrected chi connectivity index (χ1v) is 9.78. The highest BCUT2D eigenvalue weighted by Crippen LogP contribution is 2.28. The maximum absolute atomic E-state index is 12.9. The number of carbonyl (C=O) groups excluding carboxylic acids is 1. The third-order valence-electron chi connectivity index (χ3n) is 4.61. The molecule has 0 fully saturated rings. The number of carbonyl (C=O) groups is 1. The van der Waals surface area contributed by atoms with Crippen molar-refractivity contribution in [1.29, 1.82) is 0 Å². The van der Waals surface area contributed by atoms with Crippen molar-refractivity contribution >= 4 is 16.7 Å². The Morgan fingerprint density at radius 2 is 1.68 bits per heavy atom. The van der Waals surface area contributed by atoms with E-state index in [1.165, 1.54) is 24.4 Å². The molecule has 2 N–H and O–H groups in total. The van der Waals surface area contributed by atoms with Gasteiger partial charge in [0.05, 0.1) is 6.61 Å². The van der Waals surface area contributed by atoms with E-state index in [0.29, 0.717) is 5.75 Å². The number of nitrogens with one attached hydrogen (secondary N) is 1. The van der Waals surface area contributed by atoms with Crippen molar-refractivity contribution in [3.05, 3.63) is 112 Å². The zero-order valence-corrected chi connectivity index (χ0v) is 17.0. The topological polar surface area (TPSA) is 79.4 Å². The van der Waals surface area contributed by atoms with Crippen molar-refractivity contribution in [2.45, 2.75) is 13.3 Å². The molecule has 4 aromatic rings. The van der Waals surface area contributed by atoms with Gasteiger partial charge in [-0.05, 0) is 60.2 Å². The van der Waals surface area contributed by atoms with E-state index in [1.54, 1.807) is 31.2 Å². The van der Waals surface area contributed by atoms with Crippen LogP contribution in [-0.4, -0.2) is 22.7 Å². The molecule has 5 nitrogen and oxygen atoms in total. The predicted molar refractivity (Wildman–Crippen MR) is 118 cm³/mol. The molecule has 4 rings (SSSR count). The van der Waals surface area contributed by atoms with Gasteiger partial charge >= 0.3 is 5.97 Å². The summed E-state index contributed by atoms with van der Waals surface area (Å²) in [5.74, 6) is -0.517. The van der Waals surface area contributed by atoms with Gasteiger partial charge in [-0.15, -0.1) is 0 Å². The average Bonchev–Trinajstić information content (AvgIpc) is 2.78. The van der Waals surface area contributed by atoms with Gasteiger partial charge < -0.3 is 14.8 Å². The molecule has 31 heavy (non-hydrogen) atoms. The fourth-order valence-electron chi connectivity index (χ4n) is 3.11. The number of aromatic nitrogens is 1. The first-order valence-electron chi connectivity index (χ1n) is 9.78. The largest absolute Gasteiger partial charge is 0.507 e. The number of esters is 1. The minimum absolute atomic E-state index is 0.0411. The Morgan fingerprint density at radius 1 is 0.968 bits per heavy atom. The van der Waals surface area contributed by atoms with E-state index in [4.69, 9.17) is 0 Å². The molecular weight excluding hydrogens is 397 g/mol. The molecule has 158 valence electrons. The third-order valence-corrected chi connectivity index (χ3v) is 4.61. The fraction of sp³-hybridized carbons (Fsp3) is 0.120. The maximum Gasteiger partial charge on any atom is 0.343 e. The smallest absolute Gasteiger partial charge is 0.343 e. The van der Waals surface area contributed by atoms with E-state index < -0.39 is 11.5 Å². The highest BCUT2D eigenvalue weighted by molar-refractivity contribution is 5.91. The van der Waals surface area contributed by atoms with Crippen LogP contribution in [-0.2, 0) is 11.2 Å². The van der Waals surface area contributed by atoms with Crippen LogP contribution in [0.4, 0.5) is 4.39 Å².